The molecule has 0 radical (unpaired) electrons. The van der Waals surface area contributed by atoms with Crippen molar-refractivity contribution in [3.8, 4) is 0 Å². The maximum Gasteiger partial charge on any atom is 0.179 e. The maximum absolute atomic E-state index is 9.32. The number of rotatable bonds is 3. The van der Waals surface area contributed by atoms with Crippen LogP contribution in [0.4, 0.5) is 0 Å². The second kappa shape index (κ2) is 4.90. The first-order chi connectivity index (χ1) is 7.65. The number of aryl methyl sites for hydroxylation is 1. The first-order valence-corrected chi connectivity index (χ1v) is 6.40. The van der Waals surface area contributed by atoms with Gasteiger partial charge in [-0.2, -0.15) is 0 Å². The van der Waals surface area contributed by atoms with Gasteiger partial charge in [-0.1, -0.05) is 23.1 Å². The molecule has 0 saturated heterocycles. The molecule has 0 aromatic carbocycles. The Kier molecular flexibility index (Phi) is 3.52. The molecule has 2 aromatic heterocycles. The van der Waals surface area contributed by atoms with Crippen LogP contribution in [0.1, 0.15) is 23.7 Å². The van der Waals surface area contributed by atoms with Crippen LogP contribution in [0.15, 0.2) is 27.6 Å². The van der Waals surface area contributed by atoms with Crippen molar-refractivity contribution in [3.63, 3.8) is 0 Å². The second-order valence-electron chi connectivity index (χ2n) is 3.28. The van der Waals surface area contributed by atoms with Crippen LogP contribution in [0.5, 0.6) is 0 Å². The van der Waals surface area contributed by atoms with Crippen molar-refractivity contribution in [2.75, 3.05) is 0 Å². The minimum atomic E-state index is -0.525. The Morgan fingerprint density at radius 1 is 1.38 bits per heavy atom. The number of hydrogen-bond acceptors (Lipinski definition) is 6. The fourth-order valence-electron chi connectivity index (χ4n) is 1.12. The van der Waals surface area contributed by atoms with Crippen molar-refractivity contribution < 1.29 is 5.11 Å². The van der Waals surface area contributed by atoms with Gasteiger partial charge in [-0.15, -0.1) is 10.2 Å². The van der Waals surface area contributed by atoms with E-state index in [0.717, 1.165) is 14.2 Å². The van der Waals surface area contributed by atoms with Gasteiger partial charge in [-0.3, -0.25) is 4.98 Å². The molecule has 0 bridgehead atoms. The monoisotopic (exact) mass is 253 g/mol. The number of aliphatic hydroxyl groups excluding tert-OH is 1. The van der Waals surface area contributed by atoms with Crippen LogP contribution in [0.2, 0.25) is 0 Å². The van der Waals surface area contributed by atoms with Crippen molar-refractivity contribution in [2.45, 2.75) is 29.2 Å². The minimum Gasteiger partial charge on any atom is -0.387 e. The van der Waals surface area contributed by atoms with Crippen LogP contribution in [0.3, 0.4) is 0 Å². The molecule has 2 aromatic rings. The third kappa shape index (κ3) is 2.78. The Morgan fingerprint density at radius 2 is 2.19 bits per heavy atom. The van der Waals surface area contributed by atoms with Gasteiger partial charge in [0.15, 0.2) is 4.34 Å². The van der Waals surface area contributed by atoms with E-state index in [1.807, 2.05) is 19.1 Å². The smallest absolute Gasteiger partial charge is 0.179 e. The van der Waals surface area contributed by atoms with E-state index < -0.39 is 6.10 Å². The predicted molar refractivity (Wildman–Crippen MR) is 63.6 cm³/mol. The summed E-state index contributed by atoms with van der Waals surface area (Å²) in [6, 6.07) is 3.75. The van der Waals surface area contributed by atoms with E-state index in [9.17, 15) is 5.11 Å². The Morgan fingerprint density at radius 3 is 2.69 bits per heavy atom. The molecule has 0 aliphatic heterocycles. The topological polar surface area (TPSA) is 58.9 Å². The zero-order valence-corrected chi connectivity index (χ0v) is 10.5. The molecule has 1 atom stereocenters. The van der Waals surface area contributed by atoms with E-state index in [4.69, 9.17) is 0 Å². The molecule has 16 heavy (non-hydrogen) atoms. The van der Waals surface area contributed by atoms with Gasteiger partial charge in [-0.25, -0.2) is 0 Å². The van der Waals surface area contributed by atoms with E-state index >= 15 is 0 Å². The largest absolute Gasteiger partial charge is 0.387 e. The van der Waals surface area contributed by atoms with Crippen LogP contribution >= 0.6 is 23.1 Å². The first kappa shape index (κ1) is 11.5. The third-order valence-electron chi connectivity index (χ3n) is 1.90. The van der Waals surface area contributed by atoms with E-state index in [1.165, 1.54) is 11.8 Å². The van der Waals surface area contributed by atoms with Crippen molar-refractivity contribution in [3.05, 3.63) is 29.0 Å². The average Bonchev–Trinajstić information content (AvgIpc) is 2.65. The van der Waals surface area contributed by atoms with E-state index in [2.05, 4.69) is 15.2 Å². The van der Waals surface area contributed by atoms with Crippen LogP contribution in [0.25, 0.3) is 0 Å². The van der Waals surface area contributed by atoms with E-state index in [1.54, 1.807) is 24.5 Å². The molecule has 2 rings (SSSR count). The summed E-state index contributed by atoms with van der Waals surface area (Å²) >= 11 is 3.09. The normalized spacial score (nSPS) is 12.7. The molecule has 84 valence electrons. The van der Waals surface area contributed by atoms with Gasteiger partial charge in [0.25, 0.3) is 0 Å². The molecule has 6 heteroatoms. The highest BCUT2D eigenvalue weighted by Crippen LogP contribution is 2.29. The molecule has 0 saturated carbocycles. The van der Waals surface area contributed by atoms with Gasteiger partial charge in [0.05, 0.1) is 11.8 Å². The molecule has 0 aliphatic rings. The number of hydrogen-bond donors (Lipinski definition) is 1. The summed E-state index contributed by atoms with van der Waals surface area (Å²) in [7, 11) is 0. The quantitative estimate of drug-likeness (QED) is 0.910. The fourth-order valence-corrected chi connectivity index (χ4v) is 2.88. The van der Waals surface area contributed by atoms with Gasteiger partial charge in [-0.05, 0) is 26.0 Å². The summed E-state index contributed by atoms with van der Waals surface area (Å²) in [6.07, 6.45) is 1.21. The summed E-state index contributed by atoms with van der Waals surface area (Å²) in [6.45, 7) is 3.62. The highest BCUT2D eigenvalue weighted by Gasteiger charge is 2.05. The van der Waals surface area contributed by atoms with Crippen LogP contribution < -0.4 is 0 Å². The van der Waals surface area contributed by atoms with Gasteiger partial charge in [0.1, 0.15) is 5.01 Å². The zero-order chi connectivity index (χ0) is 11.5. The molecule has 4 nitrogen and oxygen atoms in total. The standard InChI is InChI=1S/C10H11N3OS2/c1-6(14)9-4-3-8(5-11-9)16-10-13-12-7(2)15-10/h3-6,14H,1-2H3/t6-/m0/s1. The summed E-state index contributed by atoms with van der Waals surface area (Å²) in [5.41, 5.74) is 0.679. The first-order valence-electron chi connectivity index (χ1n) is 4.77. The van der Waals surface area contributed by atoms with Crippen molar-refractivity contribution in [2.24, 2.45) is 0 Å². The third-order valence-corrected chi connectivity index (χ3v) is 3.77. The van der Waals surface area contributed by atoms with Crippen LogP contribution in [-0.2, 0) is 0 Å². The Hall–Kier alpha value is -0.980. The molecule has 0 spiro atoms. The Labute approximate surface area is 102 Å². The van der Waals surface area contributed by atoms with Crippen molar-refractivity contribution in [1.82, 2.24) is 15.2 Å². The second-order valence-corrected chi connectivity index (χ2v) is 5.79. The summed E-state index contributed by atoms with van der Waals surface area (Å²) in [5.74, 6) is 0. The van der Waals surface area contributed by atoms with Gasteiger partial charge < -0.3 is 5.11 Å². The summed E-state index contributed by atoms with van der Waals surface area (Å²) in [5, 5.41) is 18.2. The van der Waals surface area contributed by atoms with Gasteiger partial charge in [0.2, 0.25) is 0 Å². The summed E-state index contributed by atoms with van der Waals surface area (Å²) in [4.78, 5) is 5.17. The molecule has 0 unspecified atom stereocenters. The van der Waals surface area contributed by atoms with Crippen molar-refractivity contribution >= 4 is 23.1 Å². The number of aromatic nitrogens is 3. The lowest BCUT2D eigenvalue weighted by atomic mass is 10.2. The molecule has 1 N–H and O–H groups in total. The fraction of sp³-hybridized carbons (Fsp3) is 0.300. The summed E-state index contributed by atoms with van der Waals surface area (Å²) < 4.78 is 0.907. The number of pyridine rings is 1. The number of aliphatic hydroxyl groups is 1. The maximum atomic E-state index is 9.32. The Balaban J connectivity index is 2.11. The average molecular weight is 253 g/mol. The molecule has 0 fully saturated rings. The Bertz CT molecular complexity index is 467. The lowest BCUT2D eigenvalue weighted by Gasteiger charge is -2.03. The molecule has 2 heterocycles. The SMILES string of the molecule is Cc1nnc(Sc2ccc([C@H](C)O)nc2)s1. The van der Waals surface area contributed by atoms with Gasteiger partial charge in [0, 0.05) is 11.1 Å². The minimum absolute atomic E-state index is 0.525. The molecular weight excluding hydrogens is 242 g/mol. The van der Waals surface area contributed by atoms with Crippen LogP contribution in [-0.4, -0.2) is 20.3 Å². The zero-order valence-electron chi connectivity index (χ0n) is 8.91. The van der Waals surface area contributed by atoms with E-state index in [-0.39, 0.29) is 0 Å². The van der Waals surface area contributed by atoms with E-state index in [0.29, 0.717) is 5.69 Å². The molecule has 0 aliphatic carbocycles. The number of nitrogens with zero attached hydrogens (tertiary/aromatic N) is 3. The molecule has 0 amide bonds. The predicted octanol–water partition coefficient (Wildman–Crippen LogP) is 2.45. The highest BCUT2D eigenvalue weighted by molar-refractivity contribution is 8.01. The van der Waals surface area contributed by atoms with Crippen molar-refractivity contribution in [1.29, 1.82) is 0 Å². The lowest BCUT2D eigenvalue weighted by Crippen LogP contribution is -1.94. The van der Waals surface area contributed by atoms with Gasteiger partial charge >= 0.3 is 0 Å². The van der Waals surface area contributed by atoms with Crippen LogP contribution in [0, 0.1) is 6.92 Å². The lowest BCUT2D eigenvalue weighted by molar-refractivity contribution is 0.194. The highest BCUT2D eigenvalue weighted by atomic mass is 32.2. The molecular formula is C10H11N3OS2.